The summed E-state index contributed by atoms with van der Waals surface area (Å²) in [6, 6.07) is 0.618. The minimum Gasteiger partial charge on any atom is -0.264 e. The Morgan fingerprint density at radius 1 is 1.36 bits per heavy atom. The third kappa shape index (κ3) is 2.76. The van der Waals surface area contributed by atoms with Gasteiger partial charge in [-0.2, -0.15) is 0 Å². The Hall–Kier alpha value is -0.130. The van der Waals surface area contributed by atoms with Crippen LogP contribution in [0.2, 0.25) is 0 Å². The highest BCUT2D eigenvalue weighted by Gasteiger charge is 2.18. The number of nitrogens with one attached hydrogen (secondary N) is 1. The van der Waals surface area contributed by atoms with Crippen molar-refractivity contribution in [3.05, 3.63) is 0 Å². The Kier molecular flexibility index (Phi) is 3.82. The van der Waals surface area contributed by atoms with E-state index in [0.29, 0.717) is 6.04 Å². The molecule has 0 amide bonds. The molecule has 0 radical (unpaired) electrons. The van der Waals surface area contributed by atoms with E-state index in [1.54, 1.807) is 0 Å². The molecule has 1 fully saturated rings. The zero-order valence-corrected chi connectivity index (χ0v) is 7.61. The minimum absolute atomic E-state index is 0.618. The van der Waals surface area contributed by atoms with E-state index in [2.05, 4.69) is 23.5 Å². The van der Waals surface area contributed by atoms with Crippen LogP contribution in [0.4, 0.5) is 0 Å². The van der Waals surface area contributed by atoms with Crippen LogP contribution in [0.5, 0.6) is 0 Å². The molecule has 1 N–H and O–H groups in total. The fourth-order valence-corrected chi connectivity index (χ4v) is 1.92. The Morgan fingerprint density at radius 3 is 2.45 bits per heavy atom. The first kappa shape index (κ1) is 8.96. The fraction of sp³-hybridized carbons (Fsp3) is 0.778. The summed E-state index contributed by atoms with van der Waals surface area (Å²) in [5.74, 6) is 3.51. The highest BCUT2D eigenvalue weighted by atomic mass is 32.1. The van der Waals surface area contributed by atoms with Gasteiger partial charge in [0, 0.05) is 12.5 Å². The van der Waals surface area contributed by atoms with E-state index in [1.807, 2.05) is 0 Å². The van der Waals surface area contributed by atoms with Gasteiger partial charge in [-0.15, -0.1) is 12.3 Å². The molecule has 1 rings (SSSR count). The van der Waals surface area contributed by atoms with Gasteiger partial charge < -0.3 is 0 Å². The van der Waals surface area contributed by atoms with Crippen LogP contribution in [-0.2, 0) is 0 Å². The SMILES string of the molecule is C#CCC1CCC(NS)CC1. The lowest BCUT2D eigenvalue weighted by atomic mass is 9.85. The number of hydrogen-bond acceptors (Lipinski definition) is 2. The van der Waals surface area contributed by atoms with Crippen LogP contribution >= 0.6 is 12.8 Å². The summed E-state index contributed by atoms with van der Waals surface area (Å²) in [5.41, 5.74) is 0. The molecule has 1 nitrogen and oxygen atoms in total. The third-order valence-electron chi connectivity index (χ3n) is 2.44. The van der Waals surface area contributed by atoms with Gasteiger partial charge >= 0.3 is 0 Å². The van der Waals surface area contributed by atoms with Gasteiger partial charge in [-0.05, 0) is 31.6 Å². The molecule has 0 saturated heterocycles. The Morgan fingerprint density at radius 2 is 2.00 bits per heavy atom. The second-order valence-corrected chi connectivity index (χ2v) is 3.51. The first-order chi connectivity index (χ1) is 5.36. The van der Waals surface area contributed by atoms with Gasteiger partial charge in [-0.25, -0.2) is 0 Å². The largest absolute Gasteiger partial charge is 0.264 e. The first-order valence-electron chi connectivity index (χ1n) is 4.20. The van der Waals surface area contributed by atoms with Gasteiger partial charge in [0.15, 0.2) is 0 Å². The Balaban J connectivity index is 2.20. The van der Waals surface area contributed by atoms with Crippen molar-refractivity contribution in [2.45, 2.75) is 38.1 Å². The van der Waals surface area contributed by atoms with Crippen LogP contribution in [-0.4, -0.2) is 6.04 Å². The molecule has 2 heteroatoms. The van der Waals surface area contributed by atoms with Crippen LogP contribution in [0, 0.1) is 18.3 Å². The van der Waals surface area contributed by atoms with Crippen LogP contribution in [0.15, 0.2) is 0 Å². The van der Waals surface area contributed by atoms with Gasteiger partial charge in [0.05, 0.1) is 0 Å². The smallest absolute Gasteiger partial charge is 0.0169 e. The van der Waals surface area contributed by atoms with Gasteiger partial charge in [0.1, 0.15) is 0 Å². The van der Waals surface area contributed by atoms with Crippen molar-refractivity contribution < 1.29 is 0 Å². The van der Waals surface area contributed by atoms with Crippen LogP contribution in [0.3, 0.4) is 0 Å². The van der Waals surface area contributed by atoms with Crippen molar-refractivity contribution in [1.29, 1.82) is 0 Å². The van der Waals surface area contributed by atoms with Crippen molar-refractivity contribution in [1.82, 2.24) is 4.72 Å². The molecule has 0 spiro atoms. The van der Waals surface area contributed by atoms with Crippen LogP contribution in [0.25, 0.3) is 0 Å². The van der Waals surface area contributed by atoms with E-state index in [4.69, 9.17) is 6.42 Å². The molecule has 1 saturated carbocycles. The predicted octanol–water partition coefficient (Wildman–Crippen LogP) is 2.00. The summed E-state index contributed by atoms with van der Waals surface area (Å²) in [5, 5.41) is 0. The monoisotopic (exact) mass is 169 g/mol. The van der Waals surface area contributed by atoms with Crippen molar-refractivity contribution >= 4 is 12.8 Å². The standard InChI is InChI=1S/C9H15NS/c1-2-3-8-4-6-9(10-11)7-5-8/h1,8-11H,3-7H2. The van der Waals surface area contributed by atoms with E-state index >= 15 is 0 Å². The summed E-state index contributed by atoms with van der Waals surface area (Å²) in [6.07, 6.45) is 11.2. The number of terminal acetylenes is 1. The fourth-order valence-electron chi connectivity index (χ4n) is 1.66. The maximum atomic E-state index is 5.25. The third-order valence-corrected chi connectivity index (χ3v) is 2.80. The van der Waals surface area contributed by atoms with E-state index in [9.17, 15) is 0 Å². The molecule has 0 aliphatic heterocycles. The van der Waals surface area contributed by atoms with Gasteiger partial charge in [-0.3, -0.25) is 4.72 Å². The molecule has 0 aromatic rings. The molecular weight excluding hydrogens is 154 g/mol. The Bertz CT molecular complexity index is 142. The summed E-state index contributed by atoms with van der Waals surface area (Å²) in [6.45, 7) is 0. The lowest BCUT2D eigenvalue weighted by molar-refractivity contribution is 0.322. The molecule has 1 aliphatic carbocycles. The summed E-state index contributed by atoms with van der Waals surface area (Å²) in [4.78, 5) is 0. The average molecular weight is 169 g/mol. The number of rotatable bonds is 2. The highest BCUT2D eigenvalue weighted by molar-refractivity contribution is 7.78. The van der Waals surface area contributed by atoms with E-state index in [0.717, 1.165) is 12.3 Å². The molecule has 11 heavy (non-hydrogen) atoms. The predicted molar refractivity (Wildman–Crippen MR) is 51.3 cm³/mol. The molecule has 62 valence electrons. The minimum atomic E-state index is 0.618. The maximum Gasteiger partial charge on any atom is 0.0169 e. The maximum absolute atomic E-state index is 5.25. The quantitative estimate of drug-likeness (QED) is 0.476. The zero-order valence-electron chi connectivity index (χ0n) is 6.71. The van der Waals surface area contributed by atoms with Gasteiger partial charge in [-0.1, -0.05) is 12.8 Å². The normalized spacial score (nSPS) is 31.3. The second-order valence-electron chi connectivity index (χ2n) is 3.25. The summed E-state index contributed by atoms with van der Waals surface area (Å²) >= 11 is 4.06. The average Bonchev–Trinajstić information content (AvgIpc) is 2.07. The molecule has 0 aromatic carbocycles. The van der Waals surface area contributed by atoms with Gasteiger partial charge in [0.25, 0.3) is 0 Å². The number of hydrogen-bond donors (Lipinski definition) is 2. The van der Waals surface area contributed by atoms with Gasteiger partial charge in [0.2, 0.25) is 0 Å². The first-order valence-corrected chi connectivity index (χ1v) is 4.64. The van der Waals surface area contributed by atoms with Crippen LogP contribution in [0.1, 0.15) is 32.1 Å². The lowest BCUT2D eigenvalue weighted by Crippen LogP contribution is -2.26. The van der Waals surface area contributed by atoms with E-state index in [1.165, 1.54) is 25.7 Å². The molecule has 0 heterocycles. The topological polar surface area (TPSA) is 12.0 Å². The molecule has 0 bridgehead atoms. The van der Waals surface area contributed by atoms with Crippen molar-refractivity contribution in [2.24, 2.45) is 5.92 Å². The lowest BCUT2D eigenvalue weighted by Gasteiger charge is -2.26. The Labute approximate surface area is 74.5 Å². The van der Waals surface area contributed by atoms with Crippen molar-refractivity contribution in [3.63, 3.8) is 0 Å². The molecule has 0 unspecified atom stereocenters. The molecular formula is C9H15NS. The molecule has 0 aromatic heterocycles. The molecule has 1 aliphatic rings. The summed E-state index contributed by atoms with van der Waals surface area (Å²) in [7, 11) is 0. The number of thiol groups is 1. The zero-order chi connectivity index (χ0) is 8.10. The van der Waals surface area contributed by atoms with E-state index in [-0.39, 0.29) is 0 Å². The second kappa shape index (κ2) is 4.69. The van der Waals surface area contributed by atoms with Crippen molar-refractivity contribution in [2.75, 3.05) is 0 Å². The highest BCUT2D eigenvalue weighted by Crippen LogP contribution is 2.26. The molecule has 0 atom stereocenters. The summed E-state index contributed by atoms with van der Waals surface area (Å²) < 4.78 is 3.01. The van der Waals surface area contributed by atoms with Crippen LogP contribution < -0.4 is 4.72 Å². The van der Waals surface area contributed by atoms with Crippen molar-refractivity contribution in [3.8, 4) is 12.3 Å². The van der Waals surface area contributed by atoms with E-state index < -0.39 is 0 Å².